The largest absolute Gasteiger partial charge is 0.385 e. The van der Waals surface area contributed by atoms with Crippen molar-refractivity contribution in [3.8, 4) is 0 Å². The van der Waals surface area contributed by atoms with Crippen LogP contribution in [0.2, 0.25) is 0 Å². The van der Waals surface area contributed by atoms with Crippen molar-refractivity contribution in [2.75, 3.05) is 25.6 Å². The minimum atomic E-state index is -1.18. The summed E-state index contributed by atoms with van der Waals surface area (Å²) in [7, 11) is 1.57. The van der Waals surface area contributed by atoms with E-state index in [4.69, 9.17) is 4.74 Å². The van der Waals surface area contributed by atoms with E-state index in [0.29, 0.717) is 25.6 Å². The zero-order valence-electron chi connectivity index (χ0n) is 9.91. The molecule has 0 saturated carbocycles. The molecule has 0 aliphatic carbocycles. The van der Waals surface area contributed by atoms with Gasteiger partial charge < -0.3 is 10.1 Å². The summed E-state index contributed by atoms with van der Waals surface area (Å²) >= 11 is 0. The zero-order valence-corrected chi connectivity index (χ0v) is 9.91. The lowest BCUT2D eigenvalue weighted by Gasteiger charge is -2.07. The first-order chi connectivity index (χ1) is 8.56. The number of ether oxygens (including phenoxy) is 1. The molecule has 5 nitrogen and oxygen atoms in total. The molecule has 0 unspecified atom stereocenters. The van der Waals surface area contributed by atoms with Gasteiger partial charge in [0.25, 0.3) is 0 Å². The Morgan fingerprint density at radius 3 is 2.72 bits per heavy atom. The first-order valence-corrected chi connectivity index (χ1v) is 5.42. The van der Waals surface area contributed by atoms with Gasteiger partial charge in [-0.1, -0.05) is 0 Å². The molecule has 0 bridgehead atoms. The fraction of sp³-hybridized carbons (Fsp3) is 0.455. The van der Waals surface area contributed by atoms with Gasteiger partial charge in [-0.25, -0.2) is 4.39 Å². The molecule has 0 amide bonds. The summed E-state index contributed by atoms with van der Waals surface area (Å²) in [4.78, 5) is 9.80. The van der Waals surface area contributed by atoms with Crippen molar-refractivity contribution in [2.45, 2.75) is 12.8 Å². The van der Waals surface area contributed by atoms with E-state index in [1.807, 2.05) is 0 Å². The Morgan fingerprint density at radius 2 is 2.11 bits per heavy atom. The van der Waals surface area contributed by atoms with Crippen molar-refractivity contribution < 1.29 is 18.4 Å². The molecule has 0 spiro atoms. The highest BCUT2D eigenvalue weighted by Crippen LogP contribution is 2.28. The van der Waals surface area contributed by atoms with Crippen LogP contribution in [0, 0.1) is 21.7 Å². The van der Waals surface area contributed by atoms with E-state index in [0.717, 1.165) is 12.5 Å². The van der Waals surface area contributed by atoms with Gasteiger partial charge in [-0.3, -0.25) is 10.1 Å². The zero-order chi connectivity index (χ0) is 13.5. The van der Waals surface area contributed by atoms with Crippen LogP contribution in [0.1, 0.15) is 12.8 Å². The van der Waals surface area contributed by atoms with Crippen LogP contribution in [0.3, 0.4) is 0 Å². The molecular formula is C11H14F2N2O3. The molecule has 1 N–H and O–H groups in total. The average Bonchev–Trinajstić information content (AvgIpc) is 2.27. The fourth-order valence-electron chi connectivity index (χ4n) is 1.48. The molecule has 1 aromatic rings. The van der Waals surface area contributed by atoms with Crippen LogP contribution in [-0.2, 0) is 4.74 Å². The summed E-state index contributed by atoms with van der Waals surface area (Å²) in [6, 6.07) is 1.41. The van der Waals surface area contributed by atoms with Crippen molar-refractivity contribution in [1.82, 2.24) is 0 Å². The first-order valence-electron chi connectivity index (χ1n) is 5.42. The molecule has 0 aliphatic heterocycles. The Hall–Kier alpha value is -1.76. The maximum Gasteiger partial charge on any atom is 0.327 e. The Kier molecular flexibility index (Phi) is 5.44. The van der Waals surface area contributed by atoms with E-state index in [9.17, 15) is 18.9 Å². The van der Waals surface area contributed by atoms with Gasteiger partial charge in [0.05, 0.1) is 4.92 Å². The molecule has 1 aromatic carbocycles. The summed E-state index contributed by atoms with van der Waals surface area (Å²) in [5, 5.41) is 13.3. The smallest absolute Gasteiger partial charge is 0.327 e. The number of benzene rings is 1. The van der Waals surface area contributed by atoms with Crippen molar-refractivity contribution in [3.05, 3.63) is 33.9 Å². The molecule has 0 aliphatic rings. The standard InChI is InChI=1S/C11H14F2N2O3/c1-18-5-3-2-4-14-10-7-8(12)6-9(13)11(10)15(16)17/h6-7,14H,2-5H2,1H3. The normalized spacial score (nSPS) is 10.4. The Bertz CT molecular complexity index is 427. The second-order valence-electron chi connectivity index (χ2n) is 3.67. The van der Waals surface area contributed by atoms with E-state index >= 15 is 0 Å². The third-order valence-electron chi connectivity index (χ3n) is 2.30. The monoisotopic (exact) mass is 260 g/mol. The van der Waals surface area contributed by atoms with Gasteiger partial charge in [-0.15, -0.1) is 0 Å². The number of methoxy groups -OCH3 is 1. The molecular weight excluding hydrogens is 246 g/mol. The van der Waals surface area contributed by atoms with Crippen LogP contribution >= 0.6 is 0 Å². The maximum absolute atomic E-state index is 13.2. The van der Waals surface area contributed by atoms with Crippen LogP contribution < -0.4 is 5.32 Å². The van der Waals surface area contributed by atoms with Gasteiger partial charge in [0.2, 0.25) is 5.82 Å². The van der Waals surface area contributed by atoms with Gasteiger partial charge in [-0.05, 0) is 12.8 Å². The van der Waals surface area contributed by atoms with E-state index in [-0.39, 0.29) is 5.69 Å². The van der Waals surface area contributed by atoms with Crippen LogP contribution in [0.25, 0.3) is 0 Å². The Labute approximate surface area is 103 Å². The lowest BCUT2D eigenvalue weighted by Crippen LogP contribution is -2.07. The molecule has 0 radical (unpaired) electrons. The number of nitrogens with zero attached hydrogens (tertiary/aromatic N) is 1. The van der Waals surface area contributed by atoms with E-state index in [1.54, 1.807) is 7.11 Å². The molecule has 100 valence electrons. The molecule has 0 aromatic heterocycles. The van der Waals surface area contributed by atoms with Gasteiger partial charge >= 0.3 is 5.69 Å². The number of anilines is 1. The van der Waals surface area contributed by atoms with Crippen molar-refractivity contribution >= 4 is 11.4 Å². The minimum absolute atomic E-state index is 0.144. The minimum Gasteiger partial charge on any atom is -0.385 e. The fourth-order valence-corrected chi connectivity index (χ4v) is 1.48. The van der Waals surface area contributed by atoms with Crippen molar-refractivity contribution in [1.29, 1.82) is 0 Å². The molecule has 18 heavy (non-hydrogen) atoms. The topological polar surface area (TPSA) is 64.4 Å². The molecule has 0 heterocycles. The molecule has 7 heteroatoms. The maximum atomic E-state index is 13.2. The van der Waals surface area contributed by atoms with Crippen LogP contribution in [0.5, 0.6) is 0 Å². The summed E-state index contributed by atoms with van der Waals surface area (Å²) < 4.78 is 31.1. The molecule has 0 saturated heterocycles. The predicted octanol–water partition coefficient (Wildman–Crippen LogP) is 2.71. The highest BCUT2D eigenvalue weighted by molar-refractivity contribution is 5.62. The molecule has 0 atom stereocenters. The SMILES string of the molecule is COCCCCNc1cc(F)cc(F)c1[N+](=O)[O-]. The van der Waals surface area contributed by atoms with Crippen LogP contribution in [0.4, 0.5) is 20.2 Å². The van der Waals surface area contributed by atoms with Crippen LogP contribution in [-0.4, -0.2) is 25.2 Å². The predicted molar refractivity (Wildman–Crippen MR) is 62.6 cm³/mol. The summed E-state index contributed by atoms with van der Waals surface area (Å²) in [6.07, 6.45) is 1.44. The van der Waals surface area contributed by atoms with Gasteiger partial charge in [0.15, 0.2) is 0 Å². The lowest BCUT2D eigenvalue weighted by atomic mass is 10.2. The van der Waals surface area contributed by atoms with Gasteiger partial charge in [0, 0.05) is 32.4 Å². The van der Waals surface area contributed by atoms with Crippen molar-refractivity contribution in [3.63, 3.8) is 0 Å². The Morgan fingerprint density at radius 1 is 1.39 bits per heavy atom. The highest BCUT2D eigenvalue weighted by atomic mass is 19.1. The first kappa shape index (κ1) is 14.3. The number of hydrogen-bond acceptors (Lipinski definition) is 4. The van der Waals surface area contributed by atoms with Crippen LogP contribution in [0.15, 0.2) is 12.1 Å². The summed E-state index contributed by atoms with van der Waals surface area (Å²) in [5.74, 6) is -2.03. The van der Waals surface area contributed by atoms with Crippen molar-refractivity contribution in [2.24, 2.45) is 0 Å². The Balaban J connectivity index is 2.71. The number of hydrogen-bond donors (Lipinski definition) is 1. The van der Waals surface area contributed by atoms with E-state index in [1.165, 1.54) is 0 Å². The molecule has 0 fully saturated rings. The third kappa shape index (κ3) is 3.92. The summed E-state index contributed by atoms with van der Waals surface area (Å²) in [5.41, 5.74) is -0.877. The van der Waals surface area contributed by atoms with Gasteiger partial charge in [0.1, 0.15) is 11.5 Å². The lowest BCUT2D eigenvalue weighted by molar-refractivity contribution is -0.386. The number of halogens is 2. The number of nitro benzene ring substituents is 1. The van der Waals surface area contributed by atoms with E-state index < -0.39 is 22.2 Å². The van der Waals surface area contributed by atoms with Gasteiger partial charge in [-0.2, -0.15) is 4.39 Å². The summed E-state index contributed by atoms with van der Waals surface area (Å²) in [6.45, 7) is 0.953. The number of nitrogens with one attached hydrogen (secondary N) is 1. The third-order valence-corrected chi connectivity index (χ3v) is 2.30. The quantitative estimate of drug-likeness (QED) is 0.465. The number of rotatable bonds is 7. The molecule has 1 rings (SSSR count). The number of nitro groups is 1. The second kappa shape index (κ2) is 6.85. The average molecular weight is 260 g/mol. The van der Waals surface area contributed by atoms with E-state index in [2.05, 4.69) is 5.32 Å². The number of unbranched alkanes of at least 4 members (excludes halogenated alkanes) is 1. The second-order valence-corrected chi connectivity index (χ2v) is 3.67. The highest BCUT2D eigenvalue weighted by Gasteiger charge is 2.21.